The lowest BCUT2D eigenvalue weighted by Gasteiger charge is -2.55. The standard InChI is InChI=1S/C24H35N3O2/c1-15(2)12-25-23(29)24-18-11-20(22(28)26-24)19(10-17-8-6-5-7-9-17)21(24)27(14-18)13-16(3)4/h5-9,15-16,18-21H,10-14H2,1-4H3,(H,25,29)(H,26,28)/t18-,19-,20-,21+,24+/m1/s1. The average molecular weight is 398 g/mol. The number of fused-ring (bicyclic) bond motifs is 1. The fourth-order valence-electron chi connectivity index (χ4n) is 6.03. The van der Waals surface area contributed by atoms with Crippen LogP contribution >= 0.6 is 0 Å². The fourth-order valence-corrected chi connectivity index (χ4v) is 6.03. The smallest absolute Gasteiger partial charge is 0.247 e. The Balaban J connectivity index is 1.71. The lowest BCUT2D eigenvalue weighted by atomic mass is 9.58. The van der Waals surface area contributed by atoms with Gasteiger partial charge in [0.2, 0.25) is 11.8 Å². The lowest BCUT2D eigenvalue weighted by Crippen LogP contribution is -2.78. The molecule has 0 unspecified atom stereocenters. The first-order valence-electron chi connectivity index (χ1n) is 11.2. The van der Waals surface area contributed by atoms with Crippen molar-refractivity contribution in [2.45, 2.75) is 52.1 Å². The molecule has 0 spiro atoms. The van der Waals surface area contributed by atoms with Crippen LogP contribution in [-0.2, 0) is 16.0 Å². The van der Waals surface area contributed by atoms with Gasteiger partial charge >= 0.3 is 0 Å². The molecule has 3 aliphatic heterocycles. The van der Waals surface area contributed by atoms with Crippen molar-refractivity contribution in [2.75, 3.05) is 19.6 Å². The first-order chi connectivity index (χ1) is 13.8. The van der Waals surface area contributed by atoms with Crippen molar-refractivity contribution in [3.8, 4) is 0 Å². The number of benzene rings is 1. The Labute approximate surface area is 174 Å². The molecule has 2 amide bonds. The maximum Gasteiger partial charge on any atom is 0.247 e. The van der Waals surface area contributed by atoms with Gasteiger partial charge in [0.05, 0.1) is 0 Å². The summed E-state index contributed by atoms with van der Waals surface area (Å²) in [6.07, 6.45) is 1.67. The van der Waals surface area contributed by atoms with Crippen LogP contribution in [0.3, 0.4) is 0 Å². The molecule has 1 saturated carbocycles. The van der Waals surface area contributed by atoms with Gasteiger partial charge in [0.1, 0.15) is 5.54 Å². The van der Waals surface area contributed by atoms with Gasteiger partial charge in [-0.2, -0.15) is 0 Å². The highest BCUT2D eigenvalue weighted by molar-refractivity contribution is 5.97. The van der Waals surface area contributed by atoms with E-state index in [2.05, 4.69) is 67.5 Å². The van der Waals surface area contributed by atoms with E-state index < -0.39 is 5.54 Å². The minimum absolute atomic E-state index is 0.00198. The summed E-state index contributed by atoms with van der Waals surface area (Å²) >= 11 is 0. The van der Waals surface area contributed by atoms with Crippen LogP contribution in [0.2, 0.25) is 0 Å². The molecule has 4 bridgehead atoms. The summed E-state index contributed by atoms with van der Waals surface area (Å²) in [5.41, 5.74) is 0.471. The van der Waals surface area contributed by atoms with Crippen LogP contribution in [0.1, 0.15) is 39.7 Å². The number of rotatable bonds is 7. The molecule has 2 N–H and O–H groups in total. The van der Waals surface area contributed by atoms with Gasteiger partial charge in [0.15, 0.2) is 0 Å². The highest BCUT2D eigenvalue weighted by atomic mass is 16.2. The molecule has 4 fully saturated rings. The number of piperidine rings is 2. The van der Waals surface area contributed by atoms with Crippen molar-refractivity contribution in [1.29, 1.82) is 0 Å². The van der Waals surface area contributed by atoms with Crippen LogP contribution in [0, 0.1) is 29.6 Å². The van der Waals surface area contributed by atoms with Crippen LogP contribution in [0.15, 0.2) is 30.3 Å². The molecular weight excluding hydrogens is 362 g/mol. The summed E-state index contributed by atoms with van der Waals surface area (Å²) in [7, 11) is 0. The molecule has 5 heteroatoms. The Morgan fingerprint density at radius 1 is 1.21 bits per heavy atom. The predicted molar refractivity (Wildman–Crippen MR) is 114 cm³/mol. The number of nitrogens with one attached hydrogen (secondary N) is 2. The molecule has 0 aromatic heterocycles. The molecule has 5 rings (SSSR count). The molecule has 29 heavy (non-hydrogen) atoms. The summed E-state index contributed by atoms with van der Waals surface area (Å²) in [4.78, 5) is 29.1. The Kier molecular flexibility index (Phi) is 5.45. The highest BCUT2D eigenvalue weighted by Gasteiger charge is 2.70. The molecule has 3 saturated heterocycles. The van der Waals surface area contributed by atoms with Crippen molar-refractivity contribution < 1.29 is 9.59 Å². The third-order valence-electron chi connectivity index (χ3n) is 7.05. The number of carbonyl (C=O) groups excluding carboxylic acids is 2. The minimum atomic E-state index is -0.783. The van der Waals surface area contributed by atoms with Crippen molar-refractivity contribution in [3.63, 3.8) is 0 Å². The molecule has 158 valence electrons. The van der Waals surface area contributed by atoms with Gasteiger partial charge < -0.3 is 10.6 Å². The largest absolute Gasteiger partial charge is 0.354 e. The summed E-state index contributed by atoms with van der Waals surface area (Å²) in [5, 5.41) is 6.41. The van der Waals surface area contributed by atoms with Crippen molar-refractivity contribution >= 4 is 11.8 Å². The highest BCUT2D eigenvalue weighted by Crippen LogP contribution is 2.53. The molecular formula is C24H35N3O2. The number of nitrogens with zero attached hydrogens (tertiary/aromatic N) is 1. The maximum absolute atomic E-state index is 13.6. The quantitative estimate of drug-likeness (QED) is 0.743. The van der Waals surface area contributed by atoms with Gasteiger partial charge in [0.25, 0.3) is 0 Å². The summed E-state index contributed by atoms with van der Waals surface area (Å²) in [5.74, 6) is 1.39. The van der Waals surface area contributed by atoms with Crippen molar-refractivity contribution in [2.24, 2.45) is 29.6 Å². The van der Waals surface area contributed by atoms with E-state index in [-0.39, 0.29) is 35.6 Å². The second kappa shape index (κ2) is 7.75. The first kappa shape index (κ1) is 20.4. The van der Waals surface area contributed by atoms with E-state index >= 15 is 0 Å². The topological polar surface area (TPSA) is 61.4 Å². The summed E-state index contributed by atoms with van der Waals surface area (Å²) in [6.45, 7) is 11.2. The maximum atomic E-state index is 13.6. The zero-order valence-corrected chi connectivity index (χ0v) is 18.2. The van der Waals surface area contributed by atoms with Gasteiger partial charge in [-0.3, -0.25) is 14.5 Å². The zero-order chi connectivity index (χ0) is 20.8. The van der Waals surface area contributed by atoms with Gasteiger partial charge in [-0.25, -0.2) is 0 Å². The van der Waals surface area contributed by atoms with E-state index in [0.29, 0.717) is 18.4 Å². The van der Waals surface area contributed by atoms with Crippen LogP contribution in [0.5, 0.6) is 0 Å². The SMILES string of the molecule is CC(C)CNC(=O)[C@]12NC(=O)[C@@H]3C[C@@H]1CN(CC(C)C)[C@H]2[C@@H]3Cc1ccccc1. The van der Waals surface area contributed by atoms with E-state index in [1.54, 1.807) is 0 Å². The number of hydrogen-bond acceptors (Lipinski definition) is 3. The molecule has 1 aromatic rings. The molecule has 5 nitrogen and oxygen atoms in total. The van der Waals surface area contributed by atoms with E-state index in [1.165, 1.54) is 5.56 Å². The molecule has 4 aliphatic rings. The van der Waals surface area contributed by atoms with Crippen molar-refractivity contribution in [3.05, 3.63) is 35.9 Å². The Bertz CT molecular complexity index is 763. The second-order valence-electron chi connectivity index (χ2n) is 10.1. The number of likely N-dealkylation sites (tertiary alicyclic amines) is 1. The third-order valence-corrected chi connectivity index (χ3v) is 7.05. The Morgan fingerprint density at radius 3 is 2.59 bits per heavy atom. The van der Waals surface area contributed by atoms with Gasteiger partial charge in [-0.05, 0) is 36.2 Å². The van der Waals surface area contributed by atoms with Crippen LogP contribution in [-0.4, -0.2) is 47.9 Å². The Hall–Kier alpha value is -1.88. The van der Waals surface area contributed by atoms with E-state index in [1.807, 2.05) is 6.07 Å². The zero-order valence-electron chi connectivity index (χ0n) is 18.2. The van der Waals surface area contributed by atoms with Crippen LogP contribution < -0.4 is 10.6 Å². The number of carbonyl (C=O) groups is 2. The third kappa shape index (κ3) is 3.48. The summed E-state index contributed by atoms with van der Waals surface area (Å²) in [6, 6.07) is 10.5. The van der Waals surface area contributed by atoms with Gasteiger partial charge in [-0.15, -0.1) is 0 Å². The normalized spacial score (nSPS) is 33.4. The van der Waals surface area contributed by atoms with E-state index in [9.17, 15) is 9.59 Å². The molecule has 1 aromatic carbocycles. The lowest BCUT2D eigenvalue weighted by molar-refractivity contribution is -0.154. The average Bonchev–Trinajstić information content (AvgIpc) is 2.89. The molecule has 5 atom stereocenters. The number of amides is 2. The monoisotopic (exact) mass is 397 g/mol. The molecule has 1 aliphatic carbocycles. The predicted octanol–water partition coefficient (Wildman–Crippen LogP) is 2.46. The van der Waals surface area contributed by atoms with Crippen LogP contribution in [0.25, 0.3) is 0 Å². The number of hydrogen-bond donors (Lipinski definition) is 2. The van der Waals surface area contributed by atoms with E-state index in [4.69, 9.17) is 0 Å². The minimum Gasteiger partial charge on any atom is -0.354 e. The van der Waals surface area contributed by atoms with Gasteiger partial charge in [-0.1, -0.05) is 58.0 Å². The van der Waals surface area contributed by atoms with Crippen LogP contribution in [0.4, 0.5) is 0 Å². The van der Waals surface area contributed by atoms with E-state index in [0.717, 1.165) is 25.9 Å². The molecule has 0 radical (unpaired) electrons. The van der Waals surface area contributed by atoms with Gasteiger partial charge in [0, 0.05) is 37.5 Å². The summed E-state index contributed by atoms with van der Waals surface area (Å²) < 4.78 is 0. The first-order valence-corrected chi connectivity index (χ1v) is 11.2. The fraction of sp³-hybridized carbons (Fsp3) is 0.667. The Morgan fingerprint density at radius 2 is 1.93 bits per heavy atom. The second-order valence-corrected chi connectivity index (χ2v) is 10.1. The molecule has 3 heterocycles. The van der Waals surface area contributed by atoms with Crippen molar-refractivity contribution in [1.82, 2.24) is 15.5 Å².